The molecule has 0 atom stereocenters. The van der Waals surface area contributed by atoms with Gasteiger partial charge < -0.3 is 4.90 Å². The molecule has 0 unspecified atom stereocenters. The van der Waals surface area contributed by atoms with Crippen LogP contribution in [0.1, 0.15) is 4.88 Å². The summed E-state index contributed by atoms with van der Waals surface area (Å²) in [7, 11) is -3.66. The first kappa shape index (κ1) is 17.8. The molecule has 1 aromatic carbocycles. The monoisotopic (exact) mass is 380 g/mol. The molecule has 5 nitrogen and oxygen atoms in total. The van der Waals surface area contributed by atoms with Crippen molar-refractivity contribution < 1.29 is 17.6 Å². The molecule has 0 bridgehead atoms. The van der Waals surface area contributed by atoms with Gasteiger partial charge in [-0.3, -0.25) is 4.79 Å². The summed E-state index contributed by atoms with van der Waals surface area (Å²) in [6.07, 6.45) is 3.27. The van der Waals surface area contributed by atoms with Crippen molar-refractivity contribution in [3.63, 3.8) is 0 Å². The fourth-order valence-corrected chi connectivity index (χ4v) is 4.59. The smallest absolute Gasteiger partial charge is 0.246 e. The lowest BCUT2D eigenvalue weighted by Crippen LogP contribution is -2.50. The number of thiophene rings is 1. The molecule has 0 radical (unpaired) electrons. The van der Waals surface area contributed by atoms with Crippen LogP contribution >= 0.6 is 11.3 Å². The number of benzene rings is 1. The van der Waals surface area contributed by atoms with Crippen LogP contribution in [-0.4, -0.2) is 49.7 Å². The normalized spacial score (nSPS) is 16.4. The topological polar surface area (TPSA) is 57.7 Å². The number of carbonyl (C=O) groups excluding carboxylic acids is 1. The van der Waals surface area contributed by atoms with E-state index in [1.807, 2.05) is 17.5 Å². The molecule has 8 heteroatoms. The lowest BCUT2D eigenvalue weighted by atomic mass is 10.3. The lowest BCUT2D eigenvalue weighted by molar-refractivity contribution is -0.127. The summed E-state index contributed by atoms with van der Waals surface area (Å²) >= 11 is 1.54. The highest BCUT2D eigenvalue weighted by atomic mass is 32.2. The molecule has 1 aromatic heterocycles. The van der Waals surface area contributed by atoms with Crippen LogP contribution in [0.2, 0.25) is 0 Å². The predicted molar refractivity (Wildman–Crippen MR) is 95.1 cm³/mol. The van der Waals surface area contributed by atoms with Crippen molar-refractivity contribution in [1.82, 2.24) is 9.21 Å². The summed E-state index contributed by atoms with van der Waals surface area (Å²) in [6.45, 7) is 1.10. The Hall–Kier alpha value is -2.03. The summed E-state index contributed by atoms with van der Waals surface area (Å²) in [4.78, 5) is 14.9. The van der Waals surface area contributed by atoms with Crippen LogP contribution in [-0.2, 0) is 14.8 Å². The molecular formula is C17H17FN2O3S2. The Morgan fingerprint density at radius 2 is 1.76 bits per heavy atom. The molecule has 1 aliphatic rings. The first-order chi connectivity index (χ1) is 12.0. The van der Waals surface area contributed by atoms with E-state index in [1.54, 1.807) is 22.3 Å². The molecule has 0 aliphatic carbocycles. The van der Waals surface area contributed by atoms with Gasteiger partial charge >= 0.3 is 0 Å². The average Bonchev–Trinajstić information content (AvgIpc) is 3.14. The Bertz CT molecular complexity index is 854. The van der Waals surface area contributed by atoms with Crippen molar-refractivity contribution in [2.24, 2.45) is 0 Å². The summed E-state index contributed by atoms with van der Waals surface area (Å²) in [5, 5.41) is 1.93. The molecule has 0 N–H and O–H groups in total. The van der Waals surface area contributed by atoms with E-state index in [9.17, 15) is 17.6 Å². The molecule has 25 heavy (non-hydrogen) atoms. The van der Waals surface area contributed by atoms with Gasteiger partial charge in [-0.2, -0.15) is 4.31 Å². The zero-order chi connectivity index (χ0) is 17.9. The minimum absolute atomic E-state index is 0.0614. The molecule has 0 saturated carbocycles. The van der Waals surface area contributed by atoms with Crippen LogP contribution in [0.4, 0.5) is 4.39 Å². The quantitative estimate of drug-likeness (QED) is 0.766. The second-order valence-electron chi connectivity index (χ2n) is 5.53. The number of piperazine rings is 1. The first-order valence-corrected chi connectivity index (χ1v) is 10.0. The van der Waals surface area contributed by atoms with Gasteiger partial charge in [0.25, 0.3) is 0 Å². The van der Waals surface area contributed by atoms with Crippen LogP contribution < -0.4 is 0 Å². The Kier molecular flexibility index (Phi) is 5.31. The van der Waals surface area contributed by atoms with Gasteiger partial charge in [0.15, 0.2) is 0 Å². The van der Waals surface area contributed by atoms with Crippen LogP contribution in [0.15, 0.2) is 52.7 Å². The molecule has 1 saturated heterocycles. The SMILES string of the molecule is O=C(/C=C\c1cccs1)N1CCN(S(=O)(=O)c2ccc(F)cc2)CC1. The highest BCUT2D eigenvalue weighted by Gasteiger charge is 2.29. The molecule has 2 aromatic rings. The van der Waals surface area contributed by atoms with E-state index in [0.29, 0.717) is 13.1 Å². The van der Waals surface area contributed by atoms with E-state index in [0.717, 1.165) is 17.0 Å². The number of hydrogen-bond donors (Lipinski definition) is 0. The number of nitrogens with zero attached hydrogens (tertiary/aromatic N) is 2. The maximum atomic E-state index is 13.0. The fraction of sp³-hybridized carbons (Fsp3) is 0.235. The Labute approximate surface area is 150 Å². The number of sulfonamides is 1. The molecule has 2 heterocycles. The van der Waals surface area contributed by atoms with Gasteiger partial charge in [0.1, 0.15) is 5.82 Å². The van der Waals surface area contributed by atoms with Gasteiger partial charge in [-0.25, -0.2) is 12.8 Å². The third kappa shape index (κ3) is 4.15. The average molecular weight is 380 g/mol. The minimum atomic E-state index is -3.66. The summed E-state index contributed by atoms with van der Waals surface area (Å²) in [5.74, 6) is -0.612. The number of halogens is 1. The third-order valence-electron chi connectivity index (χ3n) is 3.94. The Balaban J connectivity index is 1.61. The van der Waals surface area contributed by atoms with Crippen molar-refractivity contribution in [2.75, 3.05) is 26.2 Å². The lowest BCUT2D eigenvalue weighted by Gasteiger charge is -2.33. The van der Waals surface area contributed by atoms with Crippen molar-refractivity contribution >= 4 is 33.3 Å². The number of carbonyl (C=O) groups is 1. The van der Waals surface area contributed by atoms with E-state index in [1.165, 1.54) is 22.5 Å². The largest absolute Gasteiger partial charge is 0.337 e. The van der Waals surface area contributed by atoms with Crippen molar-refractivity contribution in [3.8, 4) is 0 Å². The second-order valence-corrected chi connectivity index (χ2v) is 8.45. The maximum Gasteiger partial charge on any atom is 0.246 e. The minimum Gasteiger partial charge on any atom is -0.337 e. The van der Waals surface area contributed by atoms with Gasteiger partial charge in [0.05, 0.1) is 4.90 Å². The number of rotatable bonds is 4. The van der Waals surface area contributed by atoms with E-state index in [-0.39, 0.29) is 23.9 Å². The maximum absolute atomic E-state index is 13.0. The molecule has 1 aliphatic heterocycles. The van der Waals surface area contributed by atoms with Gasteiger partial charge in [-0.15, -0.1) is 11.3 Å². The van der Waals surface area contributed by atoms with Crippen molar-refractivity contribution in [3.05, 3.63) is 58.5 Å². The molecule has 1 fully saturated rings. The second kappa shape index (κ2) is 7.47. The highest BCUT2D eigenvalue weighted by Crippen LogP contribution is 2.18. The van der Waals surface area contributed by atoms with Crippen LogP contribution in [0, 0.1) is 5.82 Å². The first-order valence-electron chi connectivity index (χ1n) is 7.73. The van der Waals surface area contributed by atoms with Crippen LogP contribution in [0.5, 0.6) is 0 Å². The zero-order valence-electron chi connectivity index (χ0n) is 13.3. The molecule has 0 spiro atoms. The third-order valence-corrected chi connectivity index (χ3v) is 6.69. The van der Waals surface area contributed by atoms with E-state index in [4.69, 9.17) is 0 Å². The van der Waals surface area contributed by atoms with Gasteiger partial charge in [-0.1, -0.05) is 6.07 Å². The number of amides is 1. The van der Waals surface area contributed by atoms with Crippen molar-refractivity contribution in [1.29, 1.82) is 0 Å². The zero-order valence-corrected chi connectivity index (χ0v) is 15.0. The van der Waals surface area contributed by atoms with Crippen LogP contribution in [0.25, 0.3) is 6.08 Å². The Morgan fingerprint density at radius 1 is 1.08 bits per heavy atom. The van der Waals surface area contributed by atoms with E-state index >= 15 is 0 Å². The van der Waals surface area contributed by atoms with Gasteiger partial charge in [0.2, 0.25) is 15.9 Å². The summed E-state index contributed by atoms with van der Waals surface area (Å²) in [6, 6.07) is 8.59. The predicted octanol–water partition coefficient (Wildman–Crippen LogP) is 2.43. The number of hydrogen-bond acceptors (Lipinski definition) is 4. The fourth-order valence-electron chi connectivity index (χ4n) is 2.55. The Morgan fingerprint density at radius 3 is 2.36 bits per heavy atom. The molecule has 1 amide bonds. The van der Waals surface area contributed by atoms with Crippen LogP contribution in [0.3, 0.4) is 0 Å². The van der Waals surface area contributed by atoms with Gasteiger partial charge in [0, 0.05) is 37.1 Å². The summed E-state index contributed by atoms with van der Waals surface area (Å²) in [5.41, 5.74) is 0. The van der Waals surface area contributed by atoms with Crippen molar-refractivity contribution in [2.45, 2.75) is 4.90 Å². The van der Waals surface area contributed by atoms with E-state index < -0.39 is 15.8 Å². The molecule has 3 rings (SSSR count). The van der Waals surface area contributed by atoms with E-state index in [2.05, 4.69) is 0 Å². The molecular weight excluding hydrogens is 363 g/mol. The standard InChI is InChI=1S/C17H17FN2O3S2/c18-14-3-6-16(7-4-14)25(22,23)20-11-9-19(10-12-20)17(21)8-5-15-2-1-13-24-15/h1-8,13H,9-12H2/b8-5-. The summed E-state index contributed by atoms with van der Waals surface area (Å²) < 4.78 is 39.4. The highest BCUT2D eigenvalue weighted by molar-refractivity contribution is 7.89. The van der Waals surface area contributed by atoms with Gasteiger partial charge in [-0.05, 0) is 41.8 Å². The molecule has 132 valence electrons.